The van der Waals surface area contributed by atoms with Crippen molar-refractivity contribution in [2.24, 2.45) is 5.73 Å². The summed E-state index contributed by atoms with van der Waals surface area (Å²) in [5, 5.41) is 9.25. The first-order valence-corrected chi connectivity index (χ1v) is 5.32. The van der Waals surface area contributed by atoms with Crippen LogP contribution in [0.2, 0.25) is 0 Å². The Bertz CT molecular complexity index is 146. The van der Waals surface area contributed by atoms with E-state index >= 15 is 0 Å². The van der Waals surface area contributed by atoms with E-state index in [1.165, 1.54) is 12.8 Å². The molecule has 1 fully saturated rings. The highest BCUT2D eigenvalue weighted by Crippen LogP contribution is 2.29. The van der Waals surface area contributed by atoms with Crippen molar-refractivity contribution in [3.8, 4) is 0 Å². The fourth-order valence-electron chi connectivity index (χ4n) is 1.86. The Morgan fingerprint density at radius 1 is 1.54 bits per heavy atom. The summed E-state index contributed by atoms with van der Waals surface area (Å²) < 4.78 is 0. The molecule has 78 valence electrons. The average molecular weight is 186 g/mol. The maximum atomic E-state index is 9.25. The van der Waals surface area contributed by atoms with Gasteiger partial charge in [0.05, 0.1) is 6.61 Å². The summed E-state index contributed by atoms with van der Waals surface area (Å²) in [6.45, 7) is 5.41. The molecule has 2 atom stereocenters. The molecule has 0 amide bonds. The highest BCUT2D eigenvalue weighted by Gasteiger charge is 2.34. The summed E-state index contributed by atoms with van der Waals surface area (Å²) in [6.07, 6.45) is 3.70. The smallest absolute Gasteiger partial charge is 0.0601 e. The van der Waals surface area contributed by atoms with E-state index in [1.54, 1.807) is 0 Å². The zero-order valence-electron chi connectivity index (χ0n) is 8.74. The molecule has 0 aromatic rings. The van der Waals surface area contributed by atoms with Crippen LogP contribution in [0.5, 0.6) is 0 Å². The van der Waals surface area contributed by atoms with Gasteiger partial charge in [0.2, 0.25) is 0 Å². The van der Waals surface area contributed by atoms with Crippen LogP contribution in [0.4, 0.5) is 0 Å². The number of aliphatic hydroxyl groups is 1. The van der Waals surface area contributed by atoms with Crippen molar-refractivity contribution in [2.45, 2.75) is 51.2 Å². The zero-order chi connectivity index (χ0) is 9.84. The van der Waals surface area contributed by atoms with Gasteiger partial charge < -0.3 is 10.8 Å². The quantitative estimate of drug-likeness (QED) is 0.637. The number of hydrogen-bond donors (Lipinski definition) is 2. The first-order chi connectivity index (χ1) is 6.20. The Labute approximate surface area is 80.9 Å². The molecule has 0 saturated heterocycles. The first-order valence-electron chi connectivity index (χ1n) is 5.32. The summed E-state index contributed by atoms with van der Waals surface area (Å²) in [5.74, 6) is 0. The lowest BCUT2D eigenvalue weighted by Gasteiger charge is -2.32. The minimum Gasteiger partial charge on any atom is -0.395 e. The number of aliphatic hydroxyl groups excluding tert-OH is 1. The molecule has 0 aromatic carbocycles. The van der Waals surface area contributed by atoms with E-state index in [-0.39, 0.29) is 18.7 Å². The maximum absolute atomic E-state index is 9.25. The lowest BCUT2D eigenvalue weighted by atomic mass is 10.1. The van der Waals surface area contributed by atoms with Crippen molar-refractivity contribution >= 4 is 0 Å². The third-order valence-corrected chi connectivity index (χ3v) is 2.72. The second-order valence-electron chi connectivity index (χ2n) is 4.08. The van der Waals surface area contributed by atoms with Gasteiger partial charge in [-0.15, -0.1) is 0 Å². The molecule has 0 heterocycles. The van der Waals surface area contributed by atoms with Crippen LogP contribution in [-0.2, 0) is 0 Å². The van der Waals surface area contributed by atoms with Crippen LogP contribution < -0.4 is 5.73 Å². The summed E-state index contributed by atoms with van der Waals surface area (Å²) in [7, 11) is 0. The third-order valence-electron chi connectivity index (χ3n) is 2.72. The topological polar surface area (TPSA) is 49.5 Å². The molecule has 3 N–H and O–H groups in total. The Morgan fingerprint density at radius 2 is 2.15 bits per heavy atom. The predicted octanol–water partition coefficient (Wildman–Crippen LogP) is 0.569. The van der Waals surface area contributed by atoms with Gasteiger partial charge >= 0.3 is 0 Å². The molecule has 1 aliphatic carbocycles. The van der Waals surface area contributed by atoms with Gasteiger partial charge in [-0.1, -0.05) is 6.92 Å². The Kier molecular flexibility index (Phi) is 4.16. The monoisotopic (exact) mass is 186 g/mol. The lowest BCUT2D eigenvalue weighted by Crippen LogP contribution is -2.50. The van der Waals surface area contributed by atoms with Crippen molar-refractivity contribution < 1.29 is 5.11 Å². The van der Waals surface area contributed by atoms with Gasteiger partial charge in [0.25, 0.3) is 0 Å². The summed E-state index contributed by atoms with van der Waals surface area (Å²) in [5.41, 5.74) is 5.84. The van der Waals surface area contributed by atoms with E-state index in [1.807, 2.05) is 6.92 Å². The van der Waals surface area contributed by atoms with Crippen LogP contribution in [0.1, 0.15) is 33.1 Å². The van der Waals surface area contributed by atoms with Gasteiger partial charge in [-0.2, -0.15) is 0 Å². The van der Waals surface area contributed by atoms with Crippen molar-refractivity contribution in [3.05, 3.63) is 0 Å². The molecular formula is C10H22N2O. The van der Waals surface area contributed by atoms with E-state index in [2.05, 4.69) is 11.8 Å². The molecule has 1 aliphatic rings. The van der Waals surface area contributed by atoms with Crippen molar-refractivity contribution in [3.63, 3.8) is 0 Å². The van der Waals surface area contributed by atoms with Gasteiger partial charge in [-0.05, 0) is 32.7 Å². The van der Waals surface area contributed by atoms with E-state index < -0.39 is 0 Å². The fourth-order valence-corrected chi connectivity index (χ4v) is 1.86. The fraction of sp³-hybridized carbons (Fsp3) is 1.00. The lowest BCUT2D eigenvalue weighted by molar-refractivity contribution is 0.101. The second-order valence-corrected chi connectivity index (χ2v) is 4.08. The first kappa shape index (κ1) is 11.0. The largest absolute Gasteiger partial charge is 0.395 e. The molecule has 1 rings (SSSR count). The molecule has 3 nitrogen and oxygen atoms in total. The zero-order valence-corrected chi connectivity index (χ0v) is 8.74. The molecular weight excluding hydrogens is 164 g/mol. The van der Waals surface area contributed by atoms with Gasteiger partial charge in [0, 0.05) is 18.1 Å². The van der Waals surface area contributed by atoms with Crippen LogP contribution in [0.25, 0.3) is 0 Å². The average Bonchev–Trinajstić information content (AvgIpc) is 2.86. The summed E-state index contributed by atoms with van der Waals surface area (Å²) in [6, 6.07) is 0.924. The maximum Gasteiger partial charge on any atom is 0.0601 e. The molecule has 2 unspecified atom stereocenters. The van der Waals surface area contributed by atoms with Crippen LogP contribution in [0.3, 0.4) is 0 Å². The molecule has 0 radical (unpaired) electrons. The number of nitrogens with zero attached hydrogens (tertiary/aromatic N) is 1. The van der Waals surface area contributed by atoms with E-state index in [9.17, 15) is 5.11 Å². The van der Waals surface area contributed by atoms with Crippen molar-refractivity contribution in [1.29, 1.82) is 0 Å². The van der Waals surface area contributed by atoms with Crippen LogP contribution in [0, 0.1) is 0 Å². The molecule has 13 heavy (non-hydrogen) atoms. The number of hydrogen-bond acceptors (Lipinski definition) is 3. The summed E-state index contributed by atoms with van der Waals surface area (Å²) in [4.78, 5) is 2.38. The Balaban J connectivity index is 2.48. The Morgan fingerprint density at radius 3 is 2.46 bits per heavy atom. The van der Waals surface area contributed by atoms with Crippen LogP contribution in [-0.4, -0.2) is 41.3 Å². The van der Waals surface area contributed by atoms with E-state index in [0.29, 0.717) is 6.04 Å². The van der Waals surface area contributed by atoms with Gasteiger partial charge in [0.15, 0.2) is 0 Å². The molecule has 0 aliphatic heterocycles. The molecule has 0 bridgehead atoms. The van der Waals surface area contributed by atoms with Crippen LogP contribution >= 0.6 is 0 Å². The van der Waals surface area contributed by atoms with Crippen LogP contribution in [0.15, 0.2) is 0 Å². The highest BCUT2D eigenvalue weighted by atomic mass is 16.3. The van der Waals surface area contributed by atoms with E-state index in [4.69, 9.17) is 5.73 Å². The number of nitrogens with two attached hydrogens (primary N) is 1. The number of rotatable bonds is 6. The van der Waals surface area contributed by atoms with Gasteiger partial charge in [0.1, 0.15) is 0 Å². The predicted molar refractivity (Wildman–Crippen MR) is 54.5 cm³/mol. The van der Waals surface area contributed by atoms with E-state index in [0.717, 1.165) is 13.0 Å². The summed E-state index contributed by atoms with van der Waals surface area (Å²) >= 11 is 0. The molecule has 3 heteroatoms. The minimum atomic E-state index is 0.0668. The van der Waals surface area contributed by atoms with Gasteiger partial charge in [-0.3, -0.25) is 4.90 Å². The minimum absolute atomic E-state index is 0.0668. The van der Waals surface area contributed by atoms with Crippen molar-refractivity contribution in [2.75, 3.05) is 13.2 Å². The molecule has 0 aromatic heterocycles. The SMILES string of the molecule is CCCN(C1CC1)C(CO)C(C)N. The van der Waals surface area contributed by atoms with Crippen molar-refractivity contribution in [1.82, 2.24) is 4.90 Å². The van der Waals surface area contributed by atoms with Gasteiger partial charge in [-0.25, -0.2) is 0 Å². The molecule has 0 spiro atoms. The second kappa shape index (κ2) is 4.94. The third kappa shape index (κ3) is 2.93. The Hall–Kier alpha value is -0.120. The normalized spacial score (nSPS) is 21.9. The standard InChI is InChI=1S/C10H22N2O/c1-3-6-12(9-4-5-9)10(7-13)8(2)11/h8-10,13H,3-7,11H2,1-2H3. The highest BCUT2D eigenvalue weighted by molar-refractivity contribution is 4.91. The molecule has 1 saturated carbocycles.